The number of pyridine rings is 1. The Morgan fingerprint density at radius 2 is 1.54 bits per heavy atom. The van der Waals surface area contributed by atoms with Crippen LogP contribution >= 0.6 is 11.6 Å². The Balaban J connectivity index is 2.31. The molecule has 0 bridgehead atoms. The maximum absolute atomic E-state index is 13.9. The van der Waals surface area contributed by atoms with Crippen LogP contribution in [0.4, 0.5) is 4.79 Å². The first-order chi connectivity index (χ1) is 21.2. The van der Waals surface area contributed by atoms with Crippen molar-refractivity contribution in [2.24, 2.45) is 23.5 Å². The number of nitrogens with two attached hydrogens (primary N) is 1. The molecule has 2 rings (SSSR count). The molecular formula is C33H53ClN6O6. The molecule has 0 spiro atoms. The lowest BCUT2D eigenvalue weighted by atomic mass is 9.97. The lowest BCUT2D eigenvalue weighted by molar-refractivity contribution is -0.144. The SMILES string of the molecule is Cc1ncc(Cl)cc1C[C@@H](C(N)=O)N(C)C(=O)C(CC(C)C)NC(=O)[C@H](CC(C)C)N(C)C(=O)[C@@H](NC(=O)OC(C)(C)C)C1CC1. The van der Waals surface area contributed by atoms with Gasteiger partial charge in [-0.25, -0.2) is 4.79 Å². The monoisotopic (exact) mass is 664 g/mol. The maximum atomic E-state index is 13.9. The Labute approximate surface area is 278 Å². The van der Waals surface area contributed by atoms with Crippen molar-refractivity contribution < 1.29 is 28.7 Å². The number of rotatable bonds is 15. The molecule has 1 aliphatic rings. The number of hydrogen-bond acceptors (Lipinski definition) is 7. The van der Waals surface area contributed by atoms with E-state index in [0.717, 1.165) is 12.8 Å². The van der Waals surface area contributed by atoms with E-state index in [1.54, 1.807) is 33.8 Å². The summed E-state index contributed by atoms with van der Waals surface area (Å²) < 4.78 is 5.39. The third-order valence-corrected chi connectivity index (χ3v) is 8.09. The average Bonchev–Trinajstić information content (AvgIpc) is 3.77. The molecule has 0 aliphatic heterocycles. The van der Waals surface area contributed by atoms with Gasteiger partial charge < -0.3 is 30.9 Å². The van der Waals surface area contributed by atoms with Crippen molar-refractivity contribution in [3.05, 3.63) is 28.5 Å². The van der Waals surface area contributed by atoms with E-state index in [-0.39, 0.29) is 30.6 Å². The van der Waals surface area contributed by atoms with Crippen LogP contribution in [0.1, 0.15) is 85.4 Å². The fourth-order valence-electron chi connectivity index (χ4n) is 5.26. The molecule has 1 aliphatic carbocycles. The number of primary amides is 1. The summed E-state index contributed by atoms with van der Waals surface area (Å²) in [5, 5.41) is 5.99. The van der Waals surface area contributed by atoms with Gasteiger partial charge in [-0.3, -0.25) is 24.2 Å². The van der Waals surface area contributed by atoms with Gasteiger partial charge in [-0.1, -0.05) is 39.3 Å². The number of nitrogens with zero attached hydrogens (tertiary/aromatic N) is 3. The number of likely N-dealkylation sites (N-methyl/N-ethyl adjacent to an activating group) is 2. The third-order valence-electron chi connectivity index (χ3n) is 7.88. The van der Waals surface area contributed by atoms with Crippen LogP contribution in [0.3, 0.4) is 0 Å². The number of aryl methyl sites for hydroxylation is 1. The lowest BCUT2D eigenvalue weighted by Crippen LogP contribution is -2.59. The molecule has 0 saturated heterocycles. The Bertz CT molecular complexity index is 1260. The van der Waals surface area contributed by atoms with Gasteiger partial charge in [-0.15, -0.1) is 0 Å². The summed E-state index contributed by atoms with van der Waals surface area (Å²) in [5.41, 5.74) is 6.34. The van der Waals surface area contributed by atoms with Crippen LogP contribution in [0.5, 0.6) is 0 Å². The van der Waals surface area contributed by atoms with Gasteiger partial charge in [-0.2, -0.15) is 0 Å². The van der Waals surface area contributed by atoms with E-state index in [1.165, 1.54) is 30.1 Å². The highest BCUT2D eigenvalue weighted by Crippen LogP contribution is 2.34. The normalized spacial score (nSPS) is 15.8. The Morgan fingerprint density at radius 3 is 2.04 bits per heavy atom. The number of ether oxygens (including phenoxy) is 1. The average molecular weight is 665 g/mol. The van der Waals surface area contributed by atoms with E-state index in [0.29, 0.717) is 22.7 Å². The van der Waals surface area contributed by atoms with Crippen molar-refractivity contribution in [1.82, 2.24) is 25.4 Å². The zero-order valence-electron chi connectivity index (χ0n) is 29.0. The van der Waals surface area contributed by atoms with E-state index >= 15 is 0 Å². The summed E-state index contributed by atoms with van der Waals surface area (Å²) in [6, 6.07) is -2.10. The van der Waals surface area contributed by atoms with E-state index in [2.05, 4.69) is 15.6 Å². The zero-order valence-corrected chi connectivity index (χ0v) is 29.7. The minimum absolute atomic E-state index is 0.00855. The quantitative estimate of drug-likeness (QED) is 0.258. The van der Waals surface area contributed by atoms with Gasteiger partial charge in [0.15, 0.2) is 0 Å². The van der Waals surface area contributed by atoms with Crippen molar-refractivity contribution in [1.29, 1.82) is 0 Å². The smallest absolute Gasteiger partial charge is 0.408 e. The molecule has 1 fully saturated rings. The summed E-state index contributed by atoms with van der Waals surface area (Å²) in [6.45, 7) is 14.7. The Kier molecular flexibility index (Phi) is 13.8. The first-order valence-corrected chi connectivity index (χ1v) is 16.3. The molecule has 5 amide bonds. The first-order valence-electron chi connectivity index (χ1n) is 15.9. The maximum Gasteiger partial charge on any atom is 0.408 e. The Hall–Kier alpha value is -3.41. The minimum Gasteiger partial charge on any atom is -0.444 e. The fraction of sp³-hybridized carbons (Fsp3) is 0.697. The molecule has 4 N–H and O–H groups in total. The van der Waals surface area contributed by atoms with Gasteiger partial charge >= 0.3 is 6.09 Å². The number of halogens is 1. The molecule has 4 atom stereocenters. The number of carbonyl (C=O) groups excluding carboxylic acids is 5. The molecule has 1 saturated carbocycles. The van der Waals surface area contributed by atoms with Crippen LogP contribution in [-0.2, 0) is 30.3 Å². The van der Waals surface area contributed by atoms with Crippen LogP contribution in [0.25, 0.3) is 0 Å². The van der Waals surface area contributed by atoms with E-state index < -0.39 is 59.5 Å². The van der Waals surface area contributed by atoms with Crippen LogP contribution < -0.4 is 16.4 Å². The largest absolute Gasteiger partial charge is 0.444 e. The van der Waals surface area contributed by atoms with Gasteiger partial charge in [0.05, 0.1) is 5.02 Å². The molecule has 12 nitrogen and oxygen atoms in total. The molecule has 0 aromatic carbocycles. The molecule has 1 unspecified atom stereocenters. The topological polar surface area (TPSA) is 164 Å². The van der Waals surface area contributed by atoms with Crippen LogP contribution in [0.15, 0.2) is 12.3 Å². The molecule has 258 valence electrons. The second-order valence-electron chi connectivity index (χ2n) is 14.2. The highest BCUT2D eigenvalue weighted by atomic mass is 35.5. The van der Waals surface area contributed by atoms with Gasteiger partial charge in [-0.05, 0) is 82.8 Å². The van der Waals surface area contributed by atoms with Crippen molar-refractivity contribution in [3.8, 4) is 0 Å². The number of hydrogen-bond donors (Lipinski definition) is 3. The summed E-state index contributed by atoms with van der Waals surface area (Å²) in [4.78, 5) is 73.7. The number of nitrogens with one attached hydrogen (secondary N) is 2. The minimum atomic E-state index is -1.02. The third kappa shape index (κ3) is 11.7. The first kappa shape index (κ1) is 38.8. The van der Waals surface area contributed by atoms with Crippen LogP contribution in [0, 0.1) is 24.7 Å². The summed E-state index contributed by atoms with van der Waals surface area (Å²) in [6.07, 6.45) is 3.04. The van der Waals surface area contributed by atoms with Crippen molar-refractivity contribution in [3.63, 3.8) is 0 Å². The fourth-order valence-corrected chi connectivity index (χ4v) is 5.44. The molecule has 13 heteroatoms. The van der Waals surface area contributed by atoms with Gasteiger partial charge in [0, 0.05) is 32.4 Å². The van der Waals surface area contributed by atoms with Gasteiger partial charge in [0.25, 0.3) is 0 Å². The van der Waals surface area contributed by atoms with Crippen molar-refractivity contribution in [2.45, 2.75) is 117 Å². The predicted molar refractivity (Wildman–Crippen MR) is 177 cm³/mol. The van der Waals surface area contributed by atoms with Crippen molar-refractivity contribution in [2.75, 3.05) is 14.1 Å². The zero-order chi connectivity index (χ0) is 35.1. The number of amides is 5. The Morgan fingerprint density at radius 1 is 0.978 bits per heavy atom. The standard InChI is InChI=1S/C33H53ClN6O6/c1-18(2)13-24(30(43)39(9)25(28(35)41)16-22-15-23(34)17-36-20(22)5)37-29(42)26(14-19(3)4)40(10)31(44)27(21-11-12-21)38-32(45)46-33(6,7)8/h15,17-19,21,24-27H,11-14,16H2,1-10H3,(H2,35,41)(H,37,42)(H,38,45)/t24?,25-,26-,27-/m0/s1. The summed E-state index contributed by atoms with van der Waals surface area (Å²) in [7, 11) is 3.02. The molecule has 0 radical (unpaired) electrons. The highest BCUT2D eigenvalue weighted by Gasteiger charge is 2.42. The van der Waals surface area contributed by atoms with Crippen molar-refractivity contribution >= 4 is 41.3 Å². The number of alkyl carbamates (subject to hydrolysis) is 1. The summed E-state index contributed by atoms with van der Waals surface area (Å²) >= 11 is 6.13. The van der Waals surface area contributed by atoms with E-state index in [1.807, 2.05) is 27.7 Å². The van der Waals surface area contributed by atoms with E-state index in [4.69, 9.17) is 22.1 Å². The second kappa shape index (κ2) is 16.4. The molecule has 46 heavy (non-hydrogen) atoms. The van der Waals surface area contributed by atoms with Gasteiger partial charge in [0.2, 0.25) is 23.6 Å². The lowest BCUT2D eigenvalue weighted by Gasteiger charge is -2.35. The van der Waals surface area contributed by atoms with Gasteiger partial charge in [0.1, 0.15) is 29.8 Å². The number of carbonyl (C=O) groups is 5. The summed E-state index contributed by atoms with van der Waals surface area (Å²) in [5.74, 6) is -2.13. The molecule has 1 aromatic rings. The molecule has 1 aromatic heterocycles. The number of aromatic nitrogens is 1. The molecular weight excluding hydrogens is 612 g/mol. The van der Waals surface area contributed by atoms with Crippen LogP contribution in [0.2, 0.25) is 5.02 Å². The second-order valence-corrected chi connectivity index (χ2v) is 14.7. The predicted octanol–water partition coefficient (Wildman–Crippen LogP) is 3.61. The molecule has 1 heterocycles. The van der Waals surface area contributed by atoms with Crippen LogP contribution in [-0.4, -0.2) is 88.4 Å². The highest BCUT2D eigenvalue weighted by molar-refractivity contribution is 6.30. The van der Waals surface area contributed by atoms with E-state index in [9.17, 15) is 24.0 Å².